The van der Waals surface area contributed by atoms with Gasteiger partial charge in [0.25, 0.3) is 5.69 Å². The lowest BCUT2D eigenvalue weighted by molar-refractivity contribution is -0.384. The molecule has 0 amide bonds. The normalized spacial score (nSPS) is 11.0. The maximum Gasteiger partial charge on any atom is 0.269 e. The van der Waals surface area contributed by atoms with E-state index in [-0.39, 0.29) is 5.69 Å². The Balaban J connectivity index is 2.40. The first-order valence-electron chi connectivity index (χ1n) is 6.94. The monoisotopic (exact) mass is 362 g/mol. The van der Waals surface area contributed by atoms with E-state index in [1.54, 1.807) is 18.2 Å². The number of hydrogen-bond donors (Lipinski definition) is 0. The summed E-state index contributed by atoms with van der Waals surface area (Å²) in [6.07, 6.45) is 1.61. The van der Waals surface area contributed by atoms with E-state index in [2.05, 4.69) is 6.07 Å². The number of nitriles is 1. The molecule has 0 saturated heterocycles. The maximum absolute atomic E-state index is 10.7. The summed E-state index contributed by atoms with van der Waals surface area (Å²) in [4.78, 5) is 10.2. The van der Waals surface area contributed by atoms with Crippen LogP contribution in [0.15, 0.2) is 36.4 Å². The molecule has 0 aromatic heterocycles. The Hall–Kier alpha value is -2.55. The minimum Gasteiger partial charge on any atom is -0.491 e. The van der Waals surface area contributed by atoms with Crippen molar-refractivity contribution < 1.29 is 9.66 Å². The van der Waals surface area contributed by atoms with Gasteiger partial charge >= 0.3 is 0 Å². The predicted octanol–water partition coefficient (Wildman–Crippen LogP) is 5.36. The van der Waals surface area contributed by atoms with Crippen molar-refractivity contribution in [3.05, 3.63) is 67.7 Å². The zero-order valence-electron chi connectivity index (χ0n) is 12.6. The van der Waals surface area contributed by atoms with Crippen molar-refractivity contribution in [1.29, 1.82) is 5.26 Å². The summed E-state index contributed by atoms with van der Waals surface area (Å²) in [5.74, 6) is 0.395. The van der Waals surface area contributed by atoms with Gasteiger partial charge in [-0.3, -0.25) is 10.1 Å². The van der Waals surface area contributed by atoms with E-state index in [9.17, 15) is 15.4 Å². The molecule has 122 valence electrons. The Morgan fingerprint density at radius 2 is 1.88 bits per heavy atom. The molecule has 2 aromatic carbocycles. The molecule has 0 spiro atoms. The number of allylic oxidation sites excluding steroid dienone is 1. The van der Waals surface area contributed by atoms with Gasteiger partial charge in [-0.05, 0) is 48.4 Å². The summed E-state index contributed by atoms with van der Waals surface area (Å²) in [7, 11) is 0. The first-order chi connectivity index (χ1) is 11.5. The quantitative estimate of drug-likeness (QED) is 0.310. The van der Waals surface area contributed by atoms with Crippen LogP contribution in [0.4, 0.5) is 5.69 Å². The lowest BCUT2D eigenvalue weighted by Crippen LogP contribution is -1.94. The van der Waals surface area contributed by atoms with Gasteiger partial charge in [-0.1, -0.05) is 23.2 Å². The van der Waals surface area contributed by atoms with E-state index < -0.39 is 4.92 Å². The number of benzene rings is 2. The minimum atomic E-state index is -0.495. The predicted molar refractivity (Wildman–Crippen MR) is 94.2 cm³/mol. The number of halogens is 2. The molecule has 0 saturated carbocycles. The van der Waals surface area contributed by atoms with Crippen LogP contribution in [0.2, 0.25) is 10.0 Å². The van der Waals surface area contributed by atoms with Crippen molar-refractivity contribution in [2.24, 2.45) is 0 Å². The fraction of sp³-hybridized carbons (Fsp3) is 0.118. The summed E-state index contributed by atoms with van der Waals surface area (Å²) in [5, 5.41) is 20.7. The van der Waals surface area contributed by atoms with Crippen LogP contribution in [0.3, 0.4) is 0 Å². The van der Waals surface area contributed by atoms with Crippen LogP contribution in [0, 0.1) is 21.4 Å². The van der Waals surface area contributed by atoms with E-state index in [0.29, 0.717) is 39.1 Å². The van der Waals surface area contributed by atoms with E-state index in [1.165, 1.54) is 24.3 Å². The number of rotatable bonds is 5. The second-order valence-electron chi connectivity index (χ2n) is 4.72. The molecule has 0 unspecified atom stereocenters. The van der Waals surface area contributed by atoms with Crippen molar-refractivity contribution in [3.63, 3.8) is 0 Å². The van der Waals surface area contributed by atoms with Crippen LogP contribution in [-0.4, -0.2) is 11.5 Å². The molecule has 2 rings (SSSR count). The largest absolute Gasteiger partial charge is 0.491 e. The molecule has 2 aromatic rings. The second kappa shape index (κ2) is 7.82. The first-order valence-corrected chi connectivity index (χ1v) is 7.70. The molecule has 0 heterocycles. The molecule has 24 heavy (non-hydrogen) atoms. The van der Waals surface area contributed by atoms with E-state index >= 15 is 0 Å². The molecule has 0 N–H and O–H groups in total. The number of hydrogen-bond acceptors (Lipinski definition) is 4. The minimum absolute atomic E-state index is 0.0387. The smallest absolute Gasteiger partial charge is 0.269 e. The van der Waals surface area contributed by atoms with E-state index in [0.717, 1.165) is 0 Å². The molecule has 7 heteroatoms. The fourth-order valence-corrected chi connectivity index (χ4v) is 2.67. The van der Waals surface area contributed by atoms with Gasteiger partial charge in [-0.15, -0.1) is 0 Å². The van der Waals surface area contributed by atoms with Gasteiger partial charge in [0.1, 0.15) is 0 Å². The van der Waals surface area contributed by atoms with Gasteiger partial charge in [0, 0.05) is 12.1 Å². The van der Waals surface area contributed by atoms with Crippen molar-refractivity contribution in [2.75, 3.05) is 6.61 Å². The average molecular weight is 363 g/mol. The summed E-state index contributed by atoms with van der Waals surface area (Å²) in [5.41, 5.74) is 1.48. The Kier molecular flexibility index (Phi) is 5.80. The van der Waals surface area contributed by atoms with E-state index in [1.807, 2.05) is 6.92 Å². The highest BCUT2D eigenvalue weighted by molar-refractivity contribution is 6.37. The van der Waals surface area contributed by atoms with Crippen LogP contribution in [0.5, 0.6) is 5.75 Å². The van der Waals surface area contributed by atoms with Gasteiger partial charge in [0.15, 0.2) is 5.75 Å². The summed E-state index contributed by atoms with van der Waals surface area (Å²) < 4.78 is 5.36. The van der Waals surface area contributed by atoms with Gasteiger partial charge in [0.2, 0.25) is 0 Å². The molecule has 0 bridgehead atoms. The molecule has 0 aliphatic rings. The summed E-state index contributed by atoms with van der Waals surface area (Å²) in [6.45, 7) is 2.25. The Labute approximate surface area is 148 Å². The molecule has 0 atom stereocenters. The zero-order chi connectivity index (χ0) is 17.7. The van der Waals surface area contributed by atoms with Crippen molar-refractivity contribution in [1.82, 2.24) is 0 Å². The number of nitrogens with zero attached hydrogens (tertiary/aromatic N) is 2. The van der Waals surface area contributed by atoms with Gasteiger partial charge in [0.05, 0.1) is 33.2 Å². The number of nitro benzene ring substituents is 1. The molecule has 0 aliphatic heterocycles. The van der Waals surface area contributed by atoms with Crippen molar-refractivity contribution >= 4 is 40.5 Å². The lowest BCUT2D eigenvalue weighted by atomic mass is 10.0. The first kappa shape index (κ1) is 17.8. The molecular weight excluding hydrogens is 351 g/mol. The van der Waals surface area contributed by atoms with Gasteiger partial charge in [-0.2, -0.15) is 5.26 Å². The third-order valence-electron chi connectivity index (χ3n) is 3.13. The summed E-state index contributed by atoms with van der Waals surface area (Å²) >= 11 is 12.3. The highest BCUT2D eigenvalue weighted by atomic mass is 35.5. The van der Waals surface area contributed by atoms with Crippen LogP contribution in [0.1, 0.15) is 18.1 Å². The third kappa shape index (κ3) is 4.05. The highest BCUT2D eigenvalue weighted by Crippen LogP contribution is 2.35. The van der Waals surface area contributed by atoms with E-state index in [4.69, 9.17) is 27.9 Å². The van der Waals surface area contributed by atoms with Crippen LogP contribution in [-0.2, 0) is 0 Å². The maximum atomic E-state index is 10.7. The standard InChI is InChI=1S/C17H12Cl2N2O3/c1-2-24-17-15(18)8-11(9-16(17)19)7-13(10-20)12-3-5-14(6-4-12)21(22)23/h3-9H,2H2,1H3/b13-7+. The lowest BCUT2D eigenvalue weighted by Gasteiger charge is -2.09. The molecular formula is C17H12Cl2N2O3. The Bertz CT molecular complexity index is 817. The Morgan fingerprint density at radius 1 is 1.29 bits per heavy atom. The molecule has 5 nitrogen and oxygen atoms in total. The molecule has 0 aliphatic carbocycles. The topological polar surface area (TPSA) is 76.2 Å². The summed E-state index contributed by atoms with van der Waals surface area (Å²) in [6, 6.07) is 11.1. The number of ether oxygens (including phenoxy) is 1. The van der Waals surface area contributed by atoms with Crippen LogP contribution < -0.4 is 4.74 Å². The number of non-ortho nitro benzene ring substituents is 1. The van der Waals surface area contributed by atoms with Crippen molar-refractivity contribution in [2.45, 2.75) is 6.92 Å². The van der Waals surface area contributed by atoms with Crippen LogP contribution >= 0.6 is 23.2 Å². The van der Waals surface area contributed by atoms with Gasteiger partial charge < -0.3 is 4.74 Å². The molecule has 0 fully saturated rings. The van der Waals surface area contributed by atoms with Crippen molar-refractivity contribution in [3.8, 4) is 11.8 Å². The Morgan fingerprint density at radius 3 is 2.33 bits per heavy atom. The second-order valence-corrected chi connectivity index (χ2v) is 5.53. The fourth-order valence-electron chi connectivity index (χ4n) is 2.05. The average Bonchev–Trinajstić information content (AvgIpc) is 2.56. The SMILES string of the molecule is CCOc1c(Cl)cc(/C=C(\C#N)c2ccc([N+](=O)[O-])cc2)cc1Cl. The third-order valence-corrected chi connectivity index (χ3v) is 3.69. The highest BCUT2D eigenvalue weighted by Gasteiger charge is 2.10. The number of nitro groups is 1. The van der Waals surface area contributed by atoms with Crippen LogP contribution in [0.25, 0.3) is 11.6 Å². The van der Waals surface area contributed by atoms with Gasteiger partial charge in [-0.25, -0.2) is 0 Å². The zero-order valence-corrected chi connectivity index (χ0v) is 14.1. The molecule has 0 radical (unpaired) electrons.